The number of nitro groups is 2. The number of rotatable bonds is 8. The molecular formula is C76H87Cl5N12O8S2. The molecule has 103 heavy (non-hydrogen) atoms. The van der Waals surface area contributed by atoms with Crippen LogP contribution in [0.2, 0.25) is 20.1 Å². The number of fused-ring (bicyclic) bond motifs is 2. The number of nitrogens with zero attached hydrogens (tertiary/aromatic N) is 8. The van der Waals surface area contributed by atoms with Gasteiger partial charge in [-0.05, 0) is 160 Å². The average molecular weight is 1540 g/mol. The molecule has 11 aromatic rings. The van der Waals surface area contributed by atoms with Crippen LogP contribution in [0.5, 0.6) is 0 Å². The number of nitrogens with one attached hydrogen (secondary N) is 1. The van der Waals surface area contributed by atoms with E-state index in [0.29, 0.717) is 43.8 Å². The molecule has 0 atom stereocenters. The molecule has 0 saturated carbocycles. The van der Waals surface area contributed by atoms with Crippen LogP contribution < -0.4 is 21.9 Å². The van der Waals surface area contributed by atoms with Gasteiger partial charge in [-0.2, -0.15) is 10.2 Å². The molecule has 7 aromatic carbocycles. The molecule has 0 unspecified atom stereocenters. The number of nitrogens with two attached hydrogens (primary N) is 3. The Morgan fingerprint density at radius 2 is 0.816 bits per heavy atom. The molecule has 0 aliphatic heterocycles. The number of hydrogen-bond donors (Lipinski definition) is 4. The monoisotopic (exact) mass is 1530 g/mol. The van der Waals surface area contributed by atoms with E-state index < -0.39 is 28.9 Å². The summed E-state index contributed by atoms with van der Waals surface area (Å²) in [5.41, 5.74) is 27.9. The number of anilines is 4. The Labute approximate surface area is 627 Å². The summed E-state index contributed by atoms with van der Waals surface area (Å²) in [6, 6.07) is 47.0. The van der Waals surface area contributed by atoms with Crippen LogP contribution in [-0.4, -0.2) is 56.2 Å². The van der Waals surface area contributed by atoms with Crippen LogP contribution in [-0.2, 0) is 46.1 Å². The Morgan fingerprint density at radius 3 is 1.21 bits per heavy atom. The van der Waals surface area contributed by atoms with Gasteiger partial charge in [-0.15, -0.1) is 0 Å². The summed E-state index contributed by atoms with van der Waals surface area (Å²) in [4.78, 5) is 28.9. The lowest BCUT2D eigenvalue weighted by atomic mass is 9.86. The minimum absolute atomic E-state index is 0.0298. The first kappa shape index (κ1) is 83.1. The molecule has 11 rings (SSSR count). The fourth-order valence-electron chi connectivity index (χ4n) is 10.4. The molecule has 0 aliphatic carbocycles. The van der Waals surface area contributed by atoms with Crippen molar-refractivity contribution in [2.75, 3.05) is 21.9 Å². The van der Waals surface area contributed by atoms with Gasteiger partial charge in [-0.1, -0.05) is 187 Å². The van der Waals surface area contributed by atoms with Crippen LogP contribution in [0.25, 0.3) is 33.2 Å². The summed E-state index contributed by atoms with van der Waals surface area (Å²) in [7, 11) is -2.37. The summed E-state index contributed by atoms with van der Waals surface area (Å²) < 4.78 is 54.4. The van der Waals surface area contributed by atoms with Gasteiger partial charge in [0, 0.05) is 96.7 Å². The lowest BCUT2D eigenvalue weighted by Gasteiger charge is -2.21. The Bertz CT molecular complexity index is 5050. The van der Waals surface area contributed by atoms with Crippen LogP contribution in [0.3, 0.4) is 0 Å². The lowest BCUT2D eigenvalue weighted by molar-refractivity contribution is -0.385. The number of sulfonamides is 1. The topological polar surface area (TPSA) is 306 Å². The normalized spacial score (nSPS) is 11.8. The quantitative estimate of drug-likeness (QED) is 0.0476. The van der Waals surface area contributed by atoms with E-state index in [-0.39, 0.29) is 48.2 Å². The minimum Gasteiger partial charge on any atom is -0.399 e. The maximum atomic E-state index is 13.1. The van der Waals surface area contributed by atoms with Gasteiger partial charge in [0.2, 0.25) is 0 Å². The SMILES string of the molecule is CC(C)(C)c1ccc(N)cc1Cl.CC(C)(C)c1ccc(S(=O)(=O)Cl)cc1Cl.CC(C)(C)c1ccc([N+](=O)[O-])cc1Cl.CC(C)(C)c1ccc([N+](=O)[O-])cc1N.Cc1cc(N)n(-c2cccc3ncccc23)n1.Cc1cc(NS(=O)(=O)c2ccc(C(C)(C)C)c(Cl)c2)n(-c2cccc3ncccc23)n1. The van der Waals surface area contributed by atoms with Crippen LogP contribution in [0.15, 0.2) is 186 Å². The number of nitro benzene ring substituents is 2. The molecule has 0 fully saturated rings. The molecule has 4 heterocycles. The smallest absolute Gasteiger partial charge is 0.271 e. The molecule has 0 amide bonds. The van der Waals surface area contributed by atoms with Crippen molar-refractivity contribution in [1.82, 2.24) is 29.5 Å². The van der Waals surface area contributed by atoms with Crippen molar-refractivity contribution in [3.8, 4) is 11.4 Å². The van der Waals surface area contributed by atoms with Crippen molar-refractivity contribution in [3.05, 3.63) is 256 Å². The first-order chi connectivity index (χ1) is 47.5. The predicted octanol–water partition coefficient (Wildman–Crippen LogP) is 20.6. The van der Waals surface area contributed by atoms with Crippen LogP contribution in [0.4, 0.5) is 34.4 Å². The van der Waals surface area contributed by atoms with E-state index in [4.69, 9.17) is 74.3 Å². The fourth-order valence-corrected chi connectivity index (χ4v) is 14.3. The molecule has 0 bridgehead atoms. The van der Waals surface area contributed by atoms with Crippen molar-refractivity contribution in [1.29, 1.82) is 0 Å². The number of hydrogen-bond acceptors (Lipinski definition) is 15. The van der Waals surface area contributed by atoms with E-state index in [0.717, 1.165) is 71.7 Å². The average Bonchev–Trinajstić information content (AvgIpc) is 1.74. The van der Waals surface area contributed by atoms with Gasteiger partial charge >= 0.3 is 0 Å². The van der Waals surface area contributed by atoms with Gasteiger partial charge in [-0.25, -0.2) is 26.2 Å². The Morgan fingerprint density at radius 1 is 0.437 bits per heavy atom. The summed E-state index contributed by atoms with van der Waals surface area (Å²) in [5, 5.41) is 33.8. The van der Waals surface area contributed by atoms with Crippen molar-refractivity contribution < 1.29 is 26.7 Å². The Kier molecular flexibility index (Phi) is 26.8. The number of non-ortho nitro benzene ring substituents is 2. The van der Waals surface area contributed by atoms with Gasteiger partial charge in [0.05, 0.1) is 58.5 Å². The molecule has 27 heteroatoms. The second kappa shape index (κ2) is 33.3. The maximum Gasteiger partial charge on any atom is 0.271 e. The van der Waals surface area contributed by atoms with Crippen molar-refractivity contribution in [3.63, 3.8) is 0 Å². The van der Waals surface area contributed by atoms with Crippen molar-refractivity contribution in [2.24, 2.45) is 0 Å². The van der Waals surface area contributed by atoms with Crippen LogP contribution in [0.1, 0.15) is 143 Å². The molecule has 0 aliphatic rings. The second-order valence-electron chi connectivity index (χ2n) is 29.2. The first-order valence-corrected chi connectivity index (χ1v) is 37.5. The van der Waals surface area contributed by atoms with Crippen molar-refractivity contribution in [2.45, 2.75) is 155 Å². The highest BCUT2D eigenvalue weighted by atomic mass is 35.7. The maximum absolute atomic E-state index is 13.1. The van der Waals surface area contributed by atoms with Gasteiger partial charge in [0.15, 0.2) is 0 Å². The molecule has 7 N–H and O–H groups in total. The first-order valence-electron chi connectivity index (χ1n) is 32.2. The Balaban J connectivity index is 0.000000202. The third kappa shape index (κ3) is 22.6. The van der Waals surface area contributed by atoms with Gasteiger partial charge < -0.3 is 17.2 Å². The van der Waals surface area contributed by atoms with E-state index in [9.17, 15) is 37.1 Å². The van der Waals surface area contributed by atoms with E-state index in [1.165, 1.54) is 42.5 Å². The Hall–Kier alpha value is -8.87. The third-order valence-corrected chi connectivity index (χ3v) is 19.5. The standard InChI is InChI=1S/C23H23ClN4O2S.C13H12N4.C10H12Cl2O2S.C10H12ClNO2.C10H14ClN.C10H14N2O2/c1-15-13-22(28(26-15)21-9-5-8-20-17(21)7-6-12-25-20)27-31(29,30)16-10-11-18(19(24)14-16)23(2,3)4;1-9-8-13(14)17(16-9)12-6-2-5-11-10(12)4-3-7-15-11;1-10(2,3)8-5-4-7(6-9(8)11)15(12,13)14;1-10(2,3)8-5-4-7(12(13)14)6-9(8)11;1-10(2,3)8-5-4-7(12)6-9(8)11;1-10(2,3)8-5-4-7(12(13)14)6-9(8)11/h5-14,27H,1-4H3;2-8H,14H2,1H3;4-6H,1-3H3;4-6H,1-3H3;4-6H,12H2,1-3H3;4-6H,11H2,1-3H3. The zero-order valence-corrected chi connectivity index (χ0v) is 65.9. The number of aryl methyl sites for hydroxylation is 2. The molecule has 0 spiro atoms. The minimum atomic E-state index is -3.88. The van der Waals surface area contributed by atoms with Crippen LogP contribution in [0, 0.1) is 34.1 Å². The summed E-state index contributed by atoms with van der Waals surface area (Å²) in [5.74, 6) is 0.976. The molecule has 20 nitrogen and oxygen atoms in total. The van der Waals surface area contributed by atoms with Gasteiger partial charge in [0.25, 0.3) is 30.4 Å². The zero-order valence-electron chi connectivity index (χ0n) is 60.5. The lowest BCUT2D eigenvalue weighted by Crippen LogP contribution is -2.17. The number of pyridine rings is 2. The molecule has 4 aromatic heterocycles. The fraction of sp³-hybridized carbons (Fsp3) is 0.289. The zero-order chi connectivity index (χ0) is 77.3. The van der Waals surface area contributed by atoms with E-state index in [1.807, 2.05) is 176 Å². The summed E-state index contributed by atoms with van der Waals surface area (Å²) >= 11 is 24.4. The van der Waals surface area contributed by atoms with Crippen LogP contribution >= 0.6 is 57.1 Å². The van der Waals surface area contributed by atoms with Gasteiger partial charge in [-0.3, -0.25) is 34.9 Å². The summed E-state index contributed by atoms with van der Waals surface area (Å²) in [6.45, 7) is 34.3. The number of nitrogen functional groups attached to an aromatic ring is 3. The van der Waals surface area contributed by atoms with Crippen molar-refractivity contribution >= 4 is 132 Å². The van der Waals surface area contributed by atoms with Gasteiger partial charge in [0.1, 0.15) is 11.6 Å². The van der Waals surface area contributed by atoms with E-state index in [1.54, 1.807) is 64.2 Å². The molecule has 0 saturated heterocycles. The largest absolute Gasteiger partial charge is 0.399 e. The second-order valence-corrected chi connectivity index (χ2v) is 35.0. The highest BCUT2D eigenvalue weighted by Gasteiger charge is 2.26. The molecular weight excluding hydrogens is 1450 g/mol. The predicted molar refractivity (Wildman–Crippen MR) is 423 cm³/mol. The van der Waals surface area contributed by atoms with E-state index in [2.05, 4.69) is 45.7 Å². The highest BCUT2D eigenvalue weighted by Crippen LogP contribution is 2.37. The molecule has 0 radical (unpaired) electrons. The number of halogens is 5. The highest BCUT2D eigenvalue weighted by molar-refractivity contribution is 8.13. The third-order valence-electron chi connectivity index (χ3n) is 15.5. The molecule has 546 valence electrons. The number of benzene rings is 7. The number of aromatic nitrogens is 6. The summed E-state index contributed by atoms with van der Waals surface area (Å²) in [6.07, 6.45) is 3.50. The van der Waals surface area contributed by atoms with E-state index >= 15 is 0 Å².